The highest BCUT2D eigenvalue weighted by Crippen LogP contribution is 2.20. The third-order valence-corrected chi connectivity index (χ3v) is 5.50. The topological polar surface area (TPSA) is 67.2 Å². The lowest BCUT2D eigenvalue weighted by molar-refractivity contribution is -0.138. The van der Waals surface area contributed by atoms with Gasteiger partial charge in [0, 0.05) is 32.3 Å². The number of aromatic nitrogens is 2. The third kappa shape index (κ3) is 5.36. The molecule has 0 spiro atoms. The standard InChI is InChI=1S/C24H25FN4O2/c25-21-6-4-5-18(13-21)15-28-17-20(9-10-23(28)30)24(31)26-12-11-19-14-27-29(16-19)22-7-2-1-3-8-22/h1-8,13-14,16,20H,9-12,15,17H2,(H,26,31). The van der Waals surface area contributed by atoms with Crippen LogP contribution in [0.5, 0.6) is 0 Å². The van der Waals surface area contributed by atoms with Crippen molar-refractivity contribution < 1.29 is 14.0 Å². The summed E-state index contributed by atoms with van der Waals surface area (Å²) in [5.74, 6) is -0.626. The van der Waals surface area contributed by atoms with E-state index < -0.39 is 0 Å². The number of rotatable bonds is 7. The number of nitrogens with one attached hydrogen (secondary N) is 1. The van der Waals surface area contributed by atoms with Crippen LogP contribution in [0.1, 0.15) is 24.0 Å². The second-order valence-corrected chi connectivity index (χ2v) is 7.81. The van der Waals surface area contributed by atoms with Crippen LogP contribution in [0, 0.1) is 11.7 Å². The first kappa shape index (κ1) is 20.8. The van der Waals surface area contributed by atoms with Crippen LogP contribution in [0.2, 0.25) is 0 Å². The van der Waals surface area contributed by atoms with E-state index in [1.807, 2.05) is 41.2 Å². The summed E-state index contributed by atoms with van der Waals surface area (Å²) in [7, 11) is 0. The normalized spacial score (nSPS) is 16.4. The van der Waals surface area contributed by atoms with E-state index in [1.165, 1.54) is 12.1 Å². The van der Waals surface area contributed by atoms with Crippen LogP contribution in [0.4, 0.5) is 4.39 Å². The van der Waals surface area contributed by atoms with Crippen molar-refractivity contribution in [3.8, 4) is 5.69 Å². The number of carbonyl (C=O) groups excluding carboxylic acids is 2. The summed E-state index contributed by atoms with van der Waals surface area (Å²) in [4.78, 5) is 26.6. The fraction of sp³-hybridized carbons (Fsp3) is 0.292. The van der Waals surface area contributed by atoms with Gasteiger partial charge in [0.2, 0.25) is 11.8 Å². The smallest absolute Gasteiger partial charge is 0.224 e. The van der Waals surface area contributed by atoms with Gasteiger partial charge >= 0.3 is 0 Å². The maximum Gasteiger partial charge on any atom is 0.224 e. The number of benzene rings is 2. The van der Waals surface area contributed by atoms with Crippen molar-refractivity contribution in [3.05, 3.63) is 83.9 Å². The average Bonchev–Trinajstić information content (AvgIpc) is 3.25. The van der Waals surface area contributed by atoms with E-state index in [0.717, 1.165) is 16.8 Å². The number of carbonyl (C=O) groups is 2. The molecule has 2 heterocycles. The van der Waals surface area contributed by atoms with Crippen LogP contribution in [-0.4, -0.2) is 39.6 Å². The number of likely N-dealkylation sites (tertiary alicyclic amines) is 1. The summed E-state index contributed by atoms with van der Waals surface area (Å²) >= 11 is 0. The molecule has 2 amide bonds. The number of piperidine rings is 1. The number of para-hydroxylation sites is 1. The number of hydrogen-bond donors (Lipinski definition) is 1. The Labute approximate surface area is 180 Å². The summed E-state index contributed by atoms with van der Waals surface area (Å²) in [6.07, 6.45) is 5.31. The molecule has 160 valence electrons. The van der Waals surface area contributed by atoms with Gasteiger partial charge in [-0.05, 0) is 48.2 Å². The van der Waals surface area contributed by atoms with Crippen molar-refractivity contribution in [2.24, 2.45) is 5.92 Å². The molecule has 1 aliphatic heterocycles. The van der Waals surface area contributed by atoms with Crippen LogP contribution in [0.3, 0.4) is 0 Å². The molecule has 4 rings (SSSR count). The van der Waals surface area contributed by atoms with Crippen molar-refractivity contribution in [2.75, 3.05) is 13.1 Å². The Bertz CT molecular complexity index is 1050. The van der Waals surface area contributed by atoms with Gasteiger partial charge in [0.1, 0.15) is 5.82 Å². The minimum atomic E-state index is -0.327. The molecule has 1 N–H and O–H groups in total. The van der Waals surface area contributed by atoms with Gasteiger partial charge in [0.05, 0.1) is 17.8 Å². The van der Waals surface area contributed by atoms with Crippen molar-refractivity contribution in [1.29, 1.82) is 0 Å². The predicted molar refractivity (Wildman–Crippen MR) is 115 cm³/mol. The van der Waals surface area contributed by atoms with Gasteiger partial charge in [-0.15, -0.1) is 0 Å². The molecular weight excluding hydrogens is 395 g/mol. The first-order valence-corrected chi connectivity index (χ1v) is 10.5. The SMILES string of the molecule is O=C(NCCc1cnn(-c2ccccc2)c1)C1CCC(=O)N(Cc2cccc(F)c2)C1. The van der Waals surface area contributed by atoms with Gasteiger partial charge in [-0.3, -0.25) is 9.59 Å². The highest BCUT2D eigenvalue weighted by atomic mass is 19.1. The summed E-state index contributed by atoms with van der Waals surface area (Å²) < 4.78 is 15.2. The number of halogens is 1. The van der Waals surface area contributed by atoms with Gasteiger partial charge in [0.25, 0.3) is 0 Å². The van der Waals surface area contributed by atoms with E-state index in [9.17, 15) is 14.0 Å². The molecule has 1 atom stereocenters. The molecular formula is C24H25FN4O2. The molecule has 0 saturated carbocycles. The van der Waals surface area contributed by atoms with Gasteiger partial charge in [0.15, 0.2) is 0 Å². The molecule has 2 aromatic carbocycles. The van der Waals surface area contributed by atoms with Crippen LogP contribution in [0.25, 0.3) is 5.69 Å². The zero-order valence-corrected chi connectivity index (χ0v) is 17.2. The minimum Gasteiger partial charge on any atom is -0.355 e. The average molecular weight is 420 g/mol. The van der Waals surface area contributed by atoms with Crippen molar-refractivity contribution >= 4 is 11.8 Å². The monoisotopic (exact) mass is 420 g/mol. The highest BCUT2D eigenvalue weighted by Gasteiger charge is 2.30. The maximum atomic E-state index is 13.4. The highest BCUT2D eigenvalue weighted by molar-refractivity contribution is 5.83. The van der Waals surface area contributed by atoms with Crippen LogP contribution in [-0.2, 0) is 22.6 Å². The molecule has 31 heavy (non-hydrogen) atoms. The van der Waals surface area contributed by atoms with Gasteiger partial charge in [-0.1, -0.05) is 30.3 Å². The maximum absolute atomic E-state index is 13.4. The van der Waals surface area contributed by atoms with E-state index in [0.29, 0.717) is 38.9 Å². The second-order valence-electron chi connectivity index (χ2n) is 7.81. The second kappa shape index (κ2) is 9.55. The zero-order valence-electron chi connectivity index (χ0n) is 17.2. The van der Waals surface area contributed by atoms with Crippen molar-refractivity contribution in [1.82, 2.24) is 20.0 Å². The van der Waals surface area contributed by atoms with E-state index in [4.69, 9.17) is 0 Å². The Morgan fingerprint density at radius 1 is 1.13 bits per heavy atom. The molecule has 0 radical (unpaired) electrons. The molecule has 7 heteroatoms. The van der Waals surface area contributed by atoms with Gasteiger partial charge < -0.3 is 10.2 Å². The Balaban J connectivity index is 1.27. The Morgan fingerprint density at radius 2 is 1.97 bits per heavy atom. The fourth-order valence-corrected chi connectivity index (χ4v) is 3.82. The Kier molecular flexibility index (Phi) is 6.40. The molecule has 6 nitrogen and oxygen atoms in total. The lowest BCUT2D eigenvalue weighted by Gasteiger charge is -2.32. The van der Waals surface area contributed by atoms with Crippen molar-refractivity contribution in [3.63, 3.8) is 0 Å². The Morgan fingerprint density at radius 3 is 2.77 bits per heavy atom. The van der Waals surface area contributed by atoms with E-state index in [-0.39, 0.29) is 23.5 Å². The van der Waals surface area contributed by atoms with E-state index in [1.54, 1.807) is 23.2 Å². The minimum absolute atomic E-state index is 0.00152. The zero-order chi connectivity index (χ0) is 21.6. The quantitative estimate of drug-likeness (QED) is 0.639. The summed E-state index contributed by atoms with van der Waals surface area (Å²) in [5.41, 5.74) is 2.75. The molecule has 1 aliphatic rings. The first-order valence-electron chi connectivity index (χ1n) is 10.5. The molecule has 3 aromatic rings. The molecule has 1 unspecified atom stereocenters. The number of nitrogens with zero attached hydrogens (tertiary/aromatic N) is 3. The predicted octanol–water partition coefficient (Wildman–Crippen LogP) is 3.11. The number of hydrogen-bond acceptors (Lipinski definition) is 3. The third-order valence-electron chi connectivity index (χ3n) is 5.50. The molecule has 0 bridgehead atoms. The van der Waals surface area contributed by atoms with Crippen molar-refractivity contribution in [2.45, 2.75) is 25.8 Å². The first-order chi connectivity index (χ1) is 15.1. The number of amides is 2. The summed E-state index contributed by atoms with van der Waals surface area (Å²) in [6, 6.07) is 16.1. The van der Waals surface area contributed by atoms with E-state index >= 15 is 0 Å². The molecule has 1 aromatic heterocycles. The molecule has 0 aliphatic carbocycles. The lowest BCUT2D eigenvalue weighted by atomic mass is 9.96. The van der Waals surface area contributed by atoms with Gasteiger partial charge in [-0.25, -0.2) is 9.07 Å². The van der Waals surface area contributed by atoms with Crippen LogP contribution < -0.4 is 5.32 Å². The fourth-order valence-electron chi connectivity index (χ4n) is 3.82. The van der Waals surface area contributed by atoms with E-state index in [2.05, 4.69) is 10.4 Å². The van der Waals surface area contributed by atoms with Gasteiger partial charge in [-0.2, -0.15) is 5.10 Å². The molecule has 1 fully saturated rings. The van der Waals surface area contributed by atoms with Crippen LogP contribution >= 0.6 is 0 Å². The largest absolute Gasteiger partial charge is 0.355 e. The summed E-state index contributed by atoms with van der Waals surface area (Å²) in [6.45, 7) is 1.18. The lowest BCUT2D eigenvalue weighted by Crippen LogP contribution is -2.45. The van der Waals surface area contributed by atoms with Crippen LogP contribution in [0.15, 0.2) is 67.0 Å². The summed E-state index contributed by atoms with van der Waals surface area (Å²) in [5, 5.41) is 7.36. The molecule has 1 saturated heterocycles. The Hall–Kier alpha value is -3.48.